The average Bonchev–Trinajstić information content (AvgIpc) is 2.46. The number of carbonyl (C=O) groups excluding carboxylic acids is 2. The summed E-state index contributed by atoms with van der Waals surface area (Å²) in [4.78, 5) is 23.6. The lowest BCUT2D eigenvalue weighted by Gasteiger charge is -2.20. The van der Waals surface area contributed by atoms with Gasteiger partial charge in [0.15, 0.2) is 0 Å². The Kier molecular flexibility index (Phi) is 6.88. The van der Waals surface area contributed by atoms with Crippen LogP contribution in [0.3, 0.4) is 0 Å². The van der Waals surface area contributed by atoms with Gasteiger partial charge in [0, 0.05) is 6.42 Å². The Bertz CT molecular complexity index is 459. The van der Waals surface area contributed by atoms with E-state index in [4.69, 9.17) is 0 Å². The monoisotopic (exact) mass is 293 g/mol. The third-order valence-electron chi connectivity index (χ3n) is 3.08. The number of methoxy groups -OCH3 is 1. The molecule has 1 aromatic carbocycles. The summed E-state index contributed by atoms with van der Waals surface area (Å²) in [5.74, 6) is -0.834. The first kappa shape index (κ1) is 17.2. The van der Waals surface area contributed by atoms with Crippen molar-refractivity contribution in [2.24, 2.45) is 5.92 Å². The molecule has 2 N–H and O–H groups in total. The fourth-order valence-corrected chi connectivity index (χ4v) is 2.03. The van der Waals surface area contributed by atoms with E-state index in [1.165, 1.54) is 7.11 Å². The summed E-state index contributed by atoms with van der Waals surface area (Å²) in [5.41, 5.74) is 0.860. The predicted molar refractivity (Wildman–Crippen MR) is 79.6 cm³/mol. The lowest BCUT2D eigenvalue weighted by molar-refractivity contribution is -0.146. The van der Waals surface area contributed by atoms with Crippen molar-refractivity contribution < 1.29 is 19.4 Å². The van der Waals surface area contributed by atoms with Crippen LogP contribution in [0.15, 0.2) is 30.3 Å². The highest BCUT2D eigenvalue weighted by molar-refractivity contribution is 5.86. The summed E-state index contributed by atoms with van der Waals surface area (Å²) in [6.07, 6.45) is -0.509. The van der Waals surface area contributed by atoms with Crippen LogP contribution in [0, 0.1) is 5.92 Å². The van der Waals surface area contributed by atoms with Gasteiger partial charge in [0.05, 0.1) is 7.11 Å². The lowest BCUT2D eigenvalue weighted by atomic mass is 10.0. The van der Waals surface area contributed by atoms with E-state index >= 15 is 0 Å². The maximum atomic E-state index is 12.0. The molecule has 0 aromatic heterocycles. The van der Waals surface area contributed by atoms with Crippen molar-refractivity contribution in [2.75, 3.05) is 7.11 Å². The number of aliphatic hydroxyl groups excluding tert-OH is 1. The molecule has 2 atom stereocenters. The minimum Gasteiger partial charge on any atom is -0.467 e. The number of nitrogens with one attached hydrogen (secondary N) is 1. The van der Waals surface area contributed by atoms with Crippen LogP contribution in [0.2, 0.25) is 0 Å². The summed E-state index contributed by atoms with van der Waals surface area (Å²) in [6.45, 7) is 3.89. The summed E-state index contributed by atoms with van der Waals surface area (Å²) in [6, 6.07) is 8.50. The maximum absolute atomic E-state index is 12.0. The van der Waals surface area contributed by atoms with Gasteiger partial charge in [-0.25, -0.2) is 4.79 Å². The molecule has 0 bridgehead atoms. The van der Waals surface area contributed by atoms with E-state index < -0.39 is 24.0 Å². The molecule has 0 fully saturated rings. The zero-order valence-corrected chi connectivity index (χ0v) is 12.7. The van der Waals surface area contributed by atoms with E-state index in [1.807, 2.05) is 44.2 Å². The van der Waals surface area contributed by atoms with Crippen molar-refractivity contribution >= 4 is 11.9 Å². The number of ether oxygens (including phenoxy) is 1. The second-order valence-electron chi connectivity index (χ2n) is 5.42. The van der Waals surface area contributed by atoms with Crippen molar-refractivity contribution in [1.82, 2.24) is 5.32 Å². The molecule has 1 rings (SSSR count). The van der Waals surface area contributed by atoms with E-state index in [2.05, 4.69) is 10.1 Å². The molecule has 0 saturated carbocycles. The van der Waals surface area contributed by atoms with E-state index in [-0.39, 0.29) is 12.3 Å². The highest BCUT2D eigenvalue weighted by atomic mass is 16.5. The minimum absolute atomic E-state index is 0.211. The molecule has 0 spiro atoms. The molecule has 0 aliphatic rings. The number of benzene rings is 1. The van der Waals surface area contributed by atoms with Crippen molar-refractivity contribution in [1.29, 1.82) is 0 Å². The number of rotatable bonds is 7. The standard InChI is InChI=1S/C16H23NO4/c1-11(2)9-13(16(20)21-3)17-15(19)14(18)10-12-7-5-4-6-8-12/h4-8,11,13-14,18H,9-10H2,1-3H3,(H,17,19)/t13-,14-/m0/s1. The minimum atomic E-state index is -1.19. The van der Waals surface area contributed by atoms with Crippen molar-refractivity contribution in [3.63, 3.8) is 0 Å². The van der Waals surface area contributed by atoms with Crippen LogP contribution in [0.25, 0.3) is 0 Å². The second kappa shape index (κ2) is 8.42. The van der Waals surface area contributed by atoms with Gasteiger partial charge in [-0.2, -0.15) is 0 Å². The van der Waals surface area contributed by atoms with Crippen LogP contribution in [-0.4, -0.2) is 36.2 Å². The summed E-state index contributed by atoms with van der Waals surface area (Å²) in [5, 5.41) is 12.5. The highest BCUT2D eigenvalue weighted by Gasteiger charge is 2.25. The Morgan fingerprint density at radius 3 is 2.38 bits per heavy atom. The fourth-order valence-electron chi connectivity index (χ4n) is 2.03. The first-order chi connectivity index (χ1) is 9.93. The number of hydrogen-bond donors (Lipinski definition) is 2. The third-order valence-corrected chi connectivity index (χ3v) is 3.08. The van der Waals surface area contributed by atoms with Gasteiger partial charge < -0.3 is 15.2 Å². The SMILES string of the molecule is COC(=O)[C@H](CC(C)C)NC(=O)[C@@H](O)Cc1ccccc1. The van der Waals surface area contributed by atoms with Crippen LogP contribution in [0.4, 0.5) is 0 Å². The van der Waals surface area contributed by atoms with Crippen LogP contribution >= 0.6 is 0 Å². The molecule has 0 unspecified atom stereocenters. The normalized spacial score (nSPS) is 13.6. The topological polar surface area (TPSA) is 75.6 Å². The highest BCUT2D eigenvalue weighted by Crippen LogP contribution is 2.08. The van der Waals surface area contributed by atoms with E-state index in [0.717, 1.165) is 5.56 Å². The molecule has 0 aliphatic carbocycles. The Morgan fingerprint density at radius 1 is 1.24 bits per heavy atom. The number of hydrogen-bond acceptors (Lipinski definition) is 4. The van der Waals surface area contributed by atoms with Crippen LogP contribution in [0.1, 0.15) is 25.8 Å². The van der Waals surface area contributed by atoms with Gasteiger partial charge in [0.2, 0.25) is 5.91 Å². The summed E-state index contributed by atoms with van der Waals surface area (Å²) < 4.78 is 4.68. The van der Waals surface area contributed by atoms with Gasteiger partial charge in [-0.3, -0.25) is 4.79 Å². The Labute approximate surface area is 125 Å². The van der Waals surface area contributed by atoms with Crippen molar-refractivity contribution in [3.05, 3.63) is 35.9 Å². The van der Waals surface area contributed by atoms with Crippen LogP contribution in [-0.2, 0) is 20.7 Å². The molecule has 5 heteroatoms. The van der Waals surface area contributed by atoms with E-state index in [1.54, 1.807) is 0 Å². The van der Waals surface area contributed by atoms with Crippen LogP contribution in [0.5, 0.6) is 0 Å². The fraction of sp³-hybridized carbons (Fsp3) is 0.500. The number of esters is 1. The van der Waals surface area contributed by atoms with Crippen molar-refractivity contribution in [2.45, 2.75) is 38.8 Å². The maximum Gasteiger partial charge on any atom is 0.328 e. The molecule has 5 nitrogen and oxygen atoms in total. The smallest absolute Gasteiger partial charge is 0.328 e. The van der Waals surface area contributed by atoms with Gasteiger partial charge in [0.1, 0.15) is 12.1 Å². The average molecular weight is 293 g/mol. The molecule has 0 aliphatic heterocycles. The quantitative estimate of drug-likeness (QED) is 0.743. The molecule has 21 heavy (non-hydrogen) atoms. The number of aliphatic hydroxyl groups is 1. The Morgan fingerprint density at radius 2 is 1.86 bits per heavy atom. The first-order valence-electron chi connectivity index (χ1n) is 7.04. The molecular weight excluding hydrogens is 270 g/mol. The molecular formula is C16H23NO4. The van der Waals surface area contributed by atoms with Gasteiger partial charge in [-0.05, 0) is 17.9 Å². The zero-order valence-electron chi connectivity index (χ0n) is 12.7. The first-order valence-corrected chi connectivity index (χ1v) is 7.04. The summed E-state index contributed by atoms with van der Waals surface area (Å²) in [7, 11) is 1.28. The molecule has 0 heterocycles. The number of amides is 1. The largest absolute Gasteiger partial charge is 0.467 e. The molecule has 0 saturated heterocycles. The van der Waals surface area contributed by atoms with Gasteiger partial charge >= 0.3 is 5.97 Å². The second-order valence-corrected chi connectivity index (χ2v) is 5.42. The Hall–Kier alpha value is -1.88. The van der Waals surface area contributed by atoms with Gasteiger partial charge in [-0.15, -0.1) is 0 Å². The molecule has 0 radical (unpaired) electrons. The number of carbonyl (C=O) groups is 2. The van der Waals surface area contributed by atoms with Crippen LogP contribution < -0.4 is 5.32 Å². The molecule has 1 aromatic rings. The Balaban J connectivity index is 2.61. The predicted octanol–water partition coefficient (Wildman–Crippen LogP) is 1.29. The third kappa shape index (κ3) is 5.95. The van der Waals surface area contributed by atoms with Gasteiger partial charge in [0.25, 0.3) is 0 Å². The molecule has 1 amide bonds. The zero-order chi connectivity index (χ0) is 15.8. The lowest BCUT2D eigenvalue weighted by Crippen LogP contribution is -2.47. The summed E-state index contributed by atoms with van der Waals surface area (Å²) >= 11 is 0. The van der Waals surface area contributed by atoms with Gasteiger partial charge in [-0.1, -0.05) is 44.2 Å². The van der Waals surface area contributed by atoms with E-state index in [0.29, 0.717) is 6.42 Å². The van der Waals surface area contributed by atoms with Crippen molar-refractivity contribution in [3.8, 4) is 0 Å². The van der Waals surface area contributed by atoms with E-state index in [9.17, 15) is 14.7 Å². The molecule has 116 valence electrons.